The SMILES string of the molecule is CN(C(=O)c1ccc(Cl)cc1)[C@@H]1CCN(C(=O)[C@H]2CC(=O)CN2C(=O)c2ccccc2)C[C@H]1c1ccc(Cl)c(Cl)c1. The number of nitrogens with zero attached hydrogens (tertiary/aromatic N) is 3. The number of rotatable bonds is 5. The number of hydrogen-bond acceptors (Lipinski definition) is 4. The first-order chi connectivity index (χ1) is 19.6. The second kappa shape index (κ2) is 12.2. The Morgan fingerprint density at radius 3 is 2.27 bits per heavy atom. The number of benzene rings is 3. The van der Waals surface area contributed by atoms with Gasteiger partial charge < -0.3 is 14.7 Å². The van der Waals surface area contributed by atoms with Crippen LogP contribution in [0.15, 0.2) is 72.8 Å². The molecule has 0 bridgehead atoms. The van der Waals surface area contributed by atoms with E-state index in [-0.39, 0.29) is 55.0 Å². The van der Waals surface area contributed by atoms with Crippen LogP contribution in [0.3, 0.4) is 0 Å². The predicted octanol–water partition coefficient (Wildman–Crippen LogP) is 5.59. The minimum atomic E-state index is -0.880. The van der Waals surface area contributed by atoms with Gasteiger partial charge in [-0.05, 0) is 60.5 Å². The summed E-state index contributed by atoms with van der Waals surface area (Å²) in [5.41, 5.74) is 1.76. The fourth-order valence-corrected chi connectivity index (χ4v) is 6.14. The second-order valence-electron chi connectivity index (χ2n) is 10.4. The number of carbonyl (C=O) groups excluding carboxylic acids is 4. The Kier molecular flexibility index (Phi) is 8.68. The lowest BCUT2D eigenvalue weighted by Gasteiger charge is -2.44. The van der Waals surface area contributed by atoms with E-state index in [0.717, 1.165) is 5.56 Å². The first-order valence-electron chi connectivity index (χ1n) is 13.3. The zero-order valence-corrected chi connectivity index (χ0v) is 24.6. The van der Waals surface area contributed by atoms with Gasteiger partial charge in [-0.1, -0.05) is 59.1 Å². The number of likely N-dealkylation sites (N-methyl/N-ethyl adjacent to an activating group) is 1. The summed E-state index contributed by atoms with van der Waals surface area (Å²) in [7, 11) is 1.75. The van der Waals surface area contributed by atoms with Crippen molar-refractivity contribution in [1.82, 2.24) is 14.7 Å². The van der Waals surface area contributed by atoms with Crippen molar-refractivity contribution in [3.8, 4) is 0 Å². The molecule has 5 rings (SSSR count). The Morgan fingerprint density at radius 1 is 0.878 bits per heavy atom. The van der Waals surface area contributed by atoms with Crippen LogP contribution in [-0.4, -0.2) is 77.0 Å². The molecule has 2 aliphatic heterocycles. The van der Waals surface area contributed by atoms with Crippen molar-refractivity contribution in [2.45, 2.75) is 30.8 Å². The third kappa shape index (κ3) is 6.13. The molecule has 2 aliphatic rings. The first-order valence-corrected chi connectivity index (χ1v) is 14.4. The molecule has 0 radical (unpaired) electrons. The summed E-state index contributed by atoms with van der Waals surface area (Å²) in [5, 5.41) is 1.31. The average molecular weight is 613 g/mol. The van der Waals surface area contributed by atoms with E-state index in [1.807, 2.05) is 6.07 Å². The Morgan fingerprint density at radius 2 is 1.59 bits per heavy atom. The van der Waals surface area contributed by atoms with Crippen molar-refractivity contribution in [2.75, 3.05) is 26.7 Å². The van der Waals surface area contributed by atoms with E-state index in [9.17, 15) is 19.2 Å². The fraction of sp³-hybridized carbons (Fsp3) is 0.290. The lowest BCUT2D eigenvalue weighted by Crippen LogP contribution is -2.55. The third-order valence-electron chi connectivity index (χ3n) is 7.88. The van der Waals surface area contributed by atoms with Gasteiger partial charge in [0.2, 0.25) is 5.91 Å². The highest BCUT2D eigenvalue weighted by molar-refractivity contribution is 6.42. The minimum Gasteiger partial charge on any atom is -0.340 e. The molecule has 212 valence electrons. The molecule has 2 fully saturated rings. The molecule has 2 saturated heterocycles. The highest BCUT2D eigenvalue weighted by Crippen LogP contribution is 2.35. The van der Waals surface area contributed by atoms with Gasteiger partial charge >= 0.3 is 0 Å². The molecule has 3 aromatic carbocycles. The van der Waals surface area contributed by atoms with Crippen LogP contribution in [0.2, 0.25) is 15.1 Å². The summed E-state index contributed by atoms with van der Waals surface area (Å²) >= 11 is 18.6. The molecule has 0 spiro atoms. The van der Waals surface area contributed by atoms with Gasteiger partial charge in [0.1, 0.15) is 6.04 Å². The van der Waals surface area contributed by atoms with E-state index in [1.54, 1.807) is 83.6 Å². The van der Waals surface area contributed by atoms with Gasteiger partial charge in [-0.25, -0.2) is 0 Å². The quantitative estimate of drug-likeness (QED) is 0.377. The van der Waals surface area contributed by atoms with Gasteiger partial charge in [-0.15, -0.1) is 0 Å². The number of likely N-dealkylation sites (tertiary alicyclic amines) is 2. The normalized spacial score (nSPS) is 20.7. The minimum absolute atomic E-state index is 0.0241. The maximum Gasteiger partial charge on any atom is 0.254 e. The molecular formula is C31H28Cl3N3O4. The molecule has 0 saturated carbocycles. The van der Waals surface area contributed by atoms with E-state index in [2.05, 4.69) is 0 Å². The average Bonchev–Trinajstić information content (AvgIpc) is 3.39. The van der Waals surface area contributed by atoms with E-state index >= 15 is 0 Å². The maximum absolute atomic E-state index is 13.9. The Hall–Kier alpha value is -3.39. The van der Waals surface area contributed by atoms with E-state index in [4.69, 9.17) is 34.8 Å². The molecule has 3 atom stereocenters. The van der Waals surface area contributed by atoms with Crippen molar-refractivity contribution in [3.05, 3.63) is 105 Å². The molecule has 0 aromatic heterocycles. The lowest BCUT2D eigenvalue weighted by atomic mass is 9.84. The molecule has 2 heterocycles. The summed E-state index contributed by atoms with van der Waals surface area (Å²) in [4.78, 5) is 57.8. The molecule has 0 unspecified atom stereocenters. The summed E-state index contributed by atoms with van der Waals surface area (Å²) in [6.45, 7) is 0.532. The van der Waals surface area contributed by atoms with Gasteiger partial charge in [0.05, 0.1) is 16.6 Å². The Bertz CT molecular complexity index is 1480. The van der Waals surface area contributed by atoms with Gasteiger partial charge in [0.15, 0.2) is 5.78 Å². The number of amides is 3. The molecule has 3 aromatic rings. The van der Waals surface area contributed by atoms with Gasteiger partial charge in [-0.2, -0.15) is 0 Å². The topological polar surface area (TPSA) is 78.0 Å². The van der Waals surface area contributed by atoms with Gasteiger partial charge in [-0.3, -0.25) is 19.2 Å². The van der Waals surface area contributed by atoms with Crippen molar-refractivity contribution in [2.24, 2.45) is 0 Å². The molecule has 41 heavy (non-hydrogen) atoms. The van der Waals surface area contributed by atoms with Gasteiger partial charge in [0, 0.05) is 54.7 Å². The number of halogens is 3. The summed E-state index contributed by atoms with van der Waals surface area (Å²) < 4.78 is 0. The van der Waals surface area contributed by atoms with Crippen LogP contribution in [0.1, 0.15) is 45.0 Å². The number of hydrogen-bond donors (Lipinski definition) is 0. The standard InChI is InChI=1S/C31H28Cl3N3O4/c1-35(29(39)20-7-10-22(32)11-8-20)27-13-14-36(18-24(27)21-9-12-25(33)26(34)15-21)31(41)28-16-23(38)17-37(28)30(40)19-5-3-2-4-6-19/h2-12,15,24,27-28H,13-14,16-18H2,1H3/t24-,27+,28+/m0/s1. The van der Waals surface area contributed by atoms with Crippen LogP contribution in [0.4, 0.5) is 0 Å². The van der Waals surface area contributed by atoms with Crippen LogP contribution in [0, 0.1) is 0 Å². The monoisotopic (exact) mass is 611 g/mol. The van der Waals surface area contributed by atoms with E-state index < -0.39 is 6.04 Å². The molecular weight excluding hydrogens is 585 g/mol. The van der Waals surface area contributed by atoms with Crippen LogP contribution in [-0.2, 0) is 9.59 Å². The summed E-state index contributed by atoms with van der Waals surface area (Å²) in [6, 6.07) is 19.5. The van der Waals surface area contributed by atoms with Crippen molar-refractivity contribution in [3.63, 3.8) is 0 Å². The van der Waals surface area contributed by atoms with Crippen LogP contribution < -0.4 is 0 Å². The van der Waals surface area contributed by atoms with Gasteiger partial charge in [0.25, 0.3) is 11.8 Å². The number of ketones is 1. The number of piperidine rings is 1. The molecule has 0 aliphatic carbocycles. The third-order valence-corrected chi connectivity index (χ3v) is 8.87. The smallest absolute Gasteiger partial charge is 0.254 e. The van der Waals surface area contributed by atoms with E-state index in [0.29, 0.717) is 39.2 Å². The number of Topliss-reactive ketones (excluding diaryl/α,β-unsaturated/α-hetero) is 1. The zero-order chi connectivity index (χ0) is 29.3. The van der Waals surface area contributed by atoms with Crippen molar-refractivity contribution < 1.29 is 19.2 Å². The molecule has 0 N–H and O–H groups in total. The lowest BCUT2D eigenvalue weighted by molar-refractivity contribution is -0.137. The number of carbonyl (C=O) groups is 4. The molecule has 3 amide bonds. The van der Waals surface area contributed by atoms with Crippen molar-refractivity contribution in [1.29, 1.82) is 0 Å². The Balaban J connectivity index is 1.41. The molecule has 10 heteroatoms. The highest BCUT2D eigenvalue weighted by Gasteiger charge is 2.44. The Labute approximate surface area is 253 Å². The molecule has 7 nitrogen and oxygen atoms in total. The zero-order valence-electron chi connectivity index (χ0n) is 22.3. The predicted molar refractivity (Wildman–Crippen MR) is 159 cm³/mol. The second-order valence-corrected chi connectivity index (χ2v) is 11.7. The maximum atomic E-state index is 13.9. The van der Waals surface area contributed by atoms with Crippen LogP contribution in [0.25, 0.3) is 0 Å². The van der Waals surface area contributed by atoms with Crippen molar-refractivity contribution >= 4 is 58.3 Å². The largest absolute Gasteiger partial charge is 0.340 e. The fourth-order valence-electron chi connectivity index (χ4n) is 5.70. The van der Waals surface area contributed by atoms with Crippen LogP contribution >= 0.6 is 34.8 Å². The highest BCUT2D eigenvalue weighted by atomic mass is 35.5. The summed E-state index contributed by atoms with van der Waals surface area (Å²) in [6.07, 6.45) is 0.462. The summed E-state index contributed by atoms with van der Waals surface area (Å²) in [5.74, 6) is -1.25. The first kappa shape index (κ1) is 29.1. The van der Waals surface area contributed by atoms with Crippen LogP contribution in [0.5, 0.6) is 0 Å². The van der Waals surface area contributed by atoms with E-state index in [1.165, 1.54) is 4.90 Å².